The van der Waals surface area contributed by atoms with E-state index in [1.807, 2.05) is 6.07 Å². The third-order valence-corrected chi connectivity index (χ3v) is 4.51. The molecule has 1 amide bonds. The number of hydrogen-bond acceptors (Lipinski definition) is 5. The minimum absolute atomic E-state index is 0.0369. The van der Waals surface area contributed by atoms with Crippen molar-refractivity contribution >= 4 is 28.3 Å². The van der Waals surface area contributed by atoms with Gasteiger partial charge in [-0.3, -0.25) is 4.79 Å². The Bertz CT molecular complexity index is 1320. The van der Waals surface area contributed by atoms with E-state index in [-0.39, 0.29) is 27.9 Å². The molecule has 0 saturated heterocycles. The molecule has 30 heavy (non-hydrogen) atoms. The first-order valence-corrected chi connectivity index (χ1v) is 8.76. The number of aromatic nitrogens is 2. The number of imidazole rings is 1. The smallest absolute Gasteiger partial charge is 0.318 e. The van der Waals surface area contributed by atoms with E-state index in [0.29, 0.717) is 27.9 Å². The molecule has 0 saturated carbocycles. The molecule has 9 heteroatoms. The average molecular weight is 400 g/mol. The number of hydrogen-bond donors (Lipinski definition) is 3. The molecule has 0 fully saturated rings. The summed E-state index contributed by atoms with van der Waals surface area (Å²) in [6.45, 7) is 0. The van der Waals surface area contributed by atoms with Gasteiger partial charge in [-0.25, -0.2) is 10.2 Å². The average Bonchev–Trinajstić information content (AvgIpc) is 3.10. The van der Waals surface area contributed by atoms with Gasteiger partial charge in [-0.15, -0.1) is 0 Å². The molecule has 146 valence electrons. The Balaban J connectivity index is 1.57. The predicted octanol–water partition coefficient (Wildman–Crippen LogP) is 3.86. The summed E-state index contributed by atoms with van der Waals surface area (Å²) < 4.78 is 0.826. The quantitative estimate of drug-likeness (QED) is 0.352. The maximum Gasteiger partial charge on any atom is 0.318 e. The van der Waals surface area contributed by atoms with E-state index in [4.69, 9.17) is 10.5 Å². The number of rotatable bonds is 4. The molecule has 0 aliphatic heterocycles. The normalized spacial score (nSPS) is 10.5. The molecular formula is C21H14N5O4+. The van der Waals surface area contributed by atoms with Crippen LogP contribution in [0.5, 0.6) is 0 Å². The summed E-state index contributed by atoms with van der Waals surface area (Å²) in [7, 11) is 0. The third-order valence-electron chi connectivity index (χ3n) is 4.51. The molecule has 0 radical (unpaired) electrons. The van der Waals surface area contributed by atoms with Crippen molar-refractivity contribution in [3.63, 3.8) is 0 Å². The zero-order chi connectivity index (χ0) is 21.3. The second-order valence-corrected chi connectivity index (χ2v) is 6.41. The fourth-order valence-electron chi connectivity index (χ4n) is 2.96. The number of fused-ring (bicyclic) bond motifs is 1. The number of nitrogens with one attached hydrogen (secondary N) is 1. The Hall–Kier alpha value is -4.71. The fourth-order valence-corrected chi connectivity index (χ4v) is 2.96. The van der Waals surface area contributed by atoms with Gasteiger partial charge < -0.3 is 10.5 Å². The van der Waals surface area contributed by atoms with Gasteiger partial charge in [0.2, 0.25) is 0 Å². The van der Waals surface area contributed by atoms with Gasteiger partial charge in [0.15, 0.2) is 5.82 Å². The second kappa shape index (κ2) is 7.37. The summed E-state index contributed by atoms with van der Waals surface area (Å²) in [5.41, 5.74) is 2.67. The number of benzene rings is 3. The van der Waals surface area contributed by atoms with E-state index in [9.17, 15) is 14.9 Å². The highest BCUT2D eigenvalue weighted by Gasteiger charge is 2.18. The van der Waals surface area contributed by atoms with Crippen LogP contribution in [0.15, 0.2) is 66.7 Å². The van der Waals surface area contributed by atoms with Crippen LogP contribution in [0.2, 0.25) is 0 Å². The van der Waals surface area contributed by atoms with E-state index >= 15 is 0 Å². The van der Waals surface area contributed by atoms with Crippen molar-refractivity contribution in [2.45, 2.75) is 0 Å². The summed E-state index contributed by atoms with van der Waals surface area (Å²) in [5, 5.41) is 31.0. The highest BCUT2D eigenvalue weighted by Crippen LogP contribution is 2.27. The monoisotopic (exact) mass is 400 g/mol. The molecule has 0 unspecified atom stereocenters. The van der Waals surface area contributed by atoms with Crippen molar-refractivity contribution in [2.24, 2.45) is 0 Å². The van der Waals surface area contributed by atoms with Gasteiger partial charge in [0.1, 0.15) is 5.52 Å². The van der Waals surface area contributed by atoms with Gasteiger partial charge in [0.25, 0.3) is 10.8 Å². The Kier molecular flexibility index (Phi) is 4.58. The minimum atomic E-state index is -0.319. The molecule has 9 nitrogen and oxygen atoms in total. The van der Waals surface area contributed by atoms with Crippen LogP contribution in [-0.4, -0.2) is 31.0 Å². The number of nitriles is 1. The molecule has 1 heterocycles. The van der Waals surface area contributed by atoms with Crippen molar-refractivity contribution in [1.82, 2.24) is 9.71 Å². The fraction of sp³-hybridized carbons (Fsp3) is 0. The van der Waals surface area contributed by atoms with Gasteiger partial charge in [0.05, 0.1) is 22.1 Å². The summed E-state index contributed by atoms with van der Waals surface area (Å²) >= 11 is 0. The number of carbonyl (C=O) groups excluding carboxylic acids is 1. The van der Waals surface area contributed by atoms with Crippen LogP contribution < -0.4 is 5.32 Å². The molecule has 0 aliphatic carbocycles. The first-order valence-electron chi connectivity index (χ1n) is 8.76. The highest BCUT2D eigenvalue weighted by molar-refractivity contribution is 6.04. The van der Waals surface area contributed by atoms with Crippen LogP contribution in [0.3, 0.4) is 0 Å². The summed E-state index contributed by atoms with van der Waals surface area (Å²) in [4.78, 5) is 27.4. The van der Waals surface area contributed by atoms with Crippen LogP contribution in [-0.2, 0) is 0 Å². The lowest BCUT2D eigenvalue weighted by Gasteiger charge is -2.07. The molecule has 3 N–H and O–H groups in total. The lowest BCUT2D eigenvalue weighted by atomic mass is 10.1. The number of amides is 1. The summed E-state index contributed by atoms with van der Waals surface area (Å²) in [6.07, 6.45) is 0. The summed E-state index contributed by atoms with van der Waals surface area (Å²) in [6, 6.07) is 19.1. The first kappa shape index (κ1) is 18.6. The van der Waals surface area contributed by atoms with Crippen molar-refractivity contribution in [1.29, 1.82) is 5.26 Å². The summed E-state index contributed by atoms with van der Waals surface area (Å²) in [5.74, 6) is -0.0807. The second-order valence-electron chi connectivity index (χ2n) is 6.41. The highest BCUT2D eigenvalue weighted by atomic mass is 16.6. The Morgan fingerprint density at radius 3 is 2.40 bits per heavy atom. The third kappa shape index (κ3) is 3.41. The van der Waals surface area contributed by atoms with Crippen LogP contribution in [0.1, 0.15) is 15.9 Å². The van der Waals surface area contributed by atoms with Gasteiger partial charge in [-0.1, -0.05) is 0 Å². The Morgan fingerprint density at radius 1 is 1.07 bits per heavy atom. The van der Waals surface area contributed by atoms with Crippen molar-refractivity contribution < 1.29 is 20.1 Å². The van der Waals surface area contributed by atoms with Crippen LogP contribution in [0.25, 0.3) is 22.4 Å². The van der Waals surface area contributed by atoms with E-state index in [1.54, 1.807) is 48.5 Å². The van der Waals surface area contributed by atoms with E-state index < -0.39 is 0 Å². The number of carbonyl (C=O) groups is 1. The molecule has 0 bridgehead atoms. The van der Waals surface area contributed by atoms with Crippen molar-refractivity contribution in [3.05, 3.63) is 82.8 Å². The molecular weight excluding hydrogens is 386 g/mol. The van der Waals surface area contributed by atoms with E-state index in [0.717, 1.165) is 4.73 Å². The van der Waals surface area contributed by atoms with Crippen LogP contribution >= 0.6 is 0 Å². The molecule has 0 atom stereocenters. The van der Waals surface area contributed by atoms with Gasteiger partial charge >= 0.3 is 5.69 Å². The molecule has 4 aromatic rings. The molecule has 4 rings (SSSR count). The van der Waals surface area contributed by atoms with Gasteiger partial charge in [-0.2, -0.15) is 9.99 Å². The number of anilines is 1. The predicted molar refractivity (Wildman–Crippen MR) is 107 cm³/mol. The first-order chi connectivity index (χ1) is 14.5. The zero-order valence-electron chi connectivity index (χ0n) is 15.4. The maximum atomic E-state index is 12.3. The van der Waals surface area contributed by atoms with Crippen LogP contribution in [0.4, 0.5) is 11.4 Å². The van der Waals surface area contributed by atoms with E-state index in [1.165, 1.54) is 18.2 Å². The largest absolute Gasteiger partial charge is 0.426 e. The van der Waals surface area contributed by atoms with Gasteiger partial charge in [0, 0.05) is 28.9 Å². The topological polar surface area (TPSA) is 131 Å². The Labute approximate surface area is 169 Å². The SMILES string of the molecule is N#Cc1ccc(C(=O)Nc2ccc(-c3nc4ccc([N+](=O)O)cc4n3O)cc2)cc1. The Morgan fingerprint density at radius 2 is 1.77 bits per heavy atom. The van der Waals surface area contributed by atoms with Crippen LogP contribution in [0, 0.1) is 16.2 Å². The van der Waals surface area contributed by atoms with Crippen molar-refractivity contribution in [3.8, 4) is 17.5 Å². The lowest BCUT2D eigenvalue weighted by molar-refractivity contribution is -0.729. The molecule has 3 aromatic carbocycles. The molecule has 1 aromatic heterocycles. The maximum absolute atomic E-state index is 12.3. The standard InChI is InChI=1S/C21H13N5O4/c22-12-13-1-3-15(4-2-13)21(27)23-16-7-5-14(6-8-16)20-24-18-10-9-17(26(29)30)11-19(18)25(20)28/h1-11,28H,(H-,23,24,27,29,30)/p+1. The van der Waals surface area contributed by atoms with E-state index in [2.05, 4.69) is 10.3 Å². The molecule has 0 spiro atoms. The minimum Gasteiger partial charge on any atom is -0.426 e. The van der Waals surface area contributed by atoms with Crippen molar-refractivity contribution in [2.75, 3.05) is 5.32 Å². The molecule has 0 aliphatic rings. The number of nitrogens with zero attached hydrogens (tertiary/aromatic N) is 4. The lowest BCUT2D eigenvalue weighted by Crippen LogP contribution is -2.11. The van der Waals surface area contributed by atoms with Gasteiger partial charge in [-0.05, 0) is 54.6 Å². The zero-order valence-corrected chi connectivity index (χ0v) is 15.4.